The highest BCUT2D eigenvalue weighted by molar-refractivity contribution is 5.66. The Morgan fingerprint density at radius 1 is 1.19 bits per heavy atom. The average molecular weight is 435 g/mol. The molecule has 2 heterocycles. The average Bonchev–Trinajstić information content (AvgIpc) is 2.76. The molecule has 0 spiro atoms. The number of phenols is 1. The van der Waals surface area contributed by atoms with E-state index in [1.807, 2.05) is 12.1 Å². The van der Waals surface area contributed by atoms with E-state index in [1.54, 1.807) is 12.5 Å². The van der Waals surface area contributed by atoms with E-state index in [-0.39, 0.29) is 16.9 Å². The van der Waals surface area contributed by atoms with E-state index >= 15 is 0 Å². The number of allylic oxidation sites excluding steroid dienone is 2. The summed E-state index contributed by atoms with van der Waals surface area (Å²) < 4.78 is 6.57. The summed E-state index contributed by atoms with van der Waals surface area (Å²) in [4.78, 5) is 8.53. The second-order valence-electron chi connectivity index (χ2n) is 10.8. The van der Waals surface area contributed by atoms with Gasteiger partial charge < -0.3 is 9.84 Å². The van der Waals surface area contributed by atoms with Crippen molar-refractivity contribution in [1.82, 2.24) is 9.97 Å². The van der Waals surface area contributed by atoms with Gasteiger partial charge >= 0.3 is 0 Å². The molecule has 2 aliphatic rings. The van der Waals surface area contributed by atoms with Gasteiger partial charge in [-0.2, -0.15) is 0 Å². The van der Waals surface area contributed by atoms with Crippen LogP contribution >= 0.6 is 0 Å². The largest absolute Gasteiger partial charge is 0.508 e. The molecule has 1 aromatic heterocycles. The van der Waals surface area contributed by atoms with Crippen LogP contribution in [0.15, 0.2) is 36.8 Å². The summed E-state index contributed by atoms with van der Waals surface area (Å²) in [6.45, 7) is 11.2. The van der Waals surface area contributed by atoms with Crippen LogP contribution in [0, 0.1) is 5.92 Å². The second kappa shape index (κ2) is 8.88. The third-order valence-corrected chi connectivity index (χ3v) is 7.65. The SMILES string of the molecule is CCCCCCC(C)(C)c1cc(O)c2c(c1)OC(C)(C)[C@@H]1CC=C(c3ccncn3)C[C@@H]21. The maximum Gasteiger partial charge on any atom is 0.127 e. The van der Waals surface area contributed by atoms with Crippen LogP contribution in [0.5, 0.6) is 11.5 Å². The van der Waals surface area contributed by atoms with Crippen LogP contribution in [0.2, 0.25) is 0 Å². The summed E-state index contributed by atoms with van der Waals surface area (Å²) in [7, 11) is 0. The molecule has 4 rings (SSSR count). The fourth-order valence-electron chi connectivity index (χ4n) is 5.61. The van der Waals surface area contributed by atoms with Gasteiger partial charge in [-0.25, -0.2) is 9.97 Å². The Kier molecular flexibility index (Phi) is 6.33. The number of benzene rings is 1. The highest BCUT2D eigenvalue weighted by Gasteiger charge is 2.46. The molecule has 4 nitrogen and oxygen atoms in total. The first kappa shape index (κ1) is 22.8. The number of unbranched alkanes of at least 4 members (excludes halogenated alkanes) is 3. The highest BCUT2D eigenvalue weighted by Crippen LogP contribution is 2.55. The van der Waals surface area contributed by atoms with E-state index < -0.39 is 0 Å². The fourth-order valence-corrected chi connectivity index (χ4v) is 5.61. The third-order valence-electron chi connectivity index (χ3n) is 7.65. The van der Waals surface area contributed by atoms with Gasteiger partial charge in [0.05, 0.1) is 5.69 Å². The van der Waals surface area contributed by atoms with Crippen molar-refractivity contribution in [3.8, 4) is 11.5 Å². The predicted molar refractivity (Wildman–Crippen MR) is 130 cm³/mol. The number of aromatic hydroxyl groups is 1. The Hall–Kier alpha value is -2.36. The van der Waals surface area contributed by atoms with Crippen molar-refractivity contribution in [3.63, 3.8) is 0 Å². The first-order chi connectivity index (χ1) is 15.2. The van der Waals surface area contributed by atoms with Crippen LogP contribution in [0.1, 0.15) is 102 Å². The van der Waals surface area contributed by atoms with E-state index in [9.17, 15) is 5.11 Å². The summed E-state index contributed by atoms with van der Waals surface area (Å²) in [6, 6.07) is 6.18. The molecule has 1 aliphatic carbocycles. The van der Waals surface area contributed by atoms with Gasteiger partial charge in [0.1, 0.15) is 23.4 Å². The van der Waals surface area contributed by atoms with Crippen LogP contribution in [-0.4, -0.2) is 20.7 Å². The normalized spacial score (nSPS) is 21.8. The first-order valence-corrected chi connectivity index (χ1v) is 12.2. The number of fused-ring (bicyclic) bond motifs is 3. The van der Waals surface area contributed by atoms with Gasteiger partial charge in [-0.05, 0) is 67.9 Å². The molecule has 0 amide bonds. The molecule has 1 aromatic carbocycles. The zero-order valence-corrected chi connectivity index (χ0v) is 20.3. The number of ether oxygens (including phenoxy) is 1. The van der Waals surface area contributed by atoms with Gasteiger partial charge in [-0.1, -0.05) is 52.5 Å². The lowest BCUT2D eigenvalue weighted by molar-refractivity contribution is 0.00908. The molecular weight excluding hydrogens is 396 g/mol. The van der Waals surface area contributed by atoms with Crippen molar-refractivity contribution in [1.29, 1.82) is 0 Å². The van der Waals surface area contributed by atoms with Crippen molar-refractivity contribution in [2.75, 3.05) is 0 Å². The van der Waals surface area contributed by atoms with Gasteiger partial charge in [0, 0.05) is 23.6 Å². The van der Waals surface area contributed by atoms with Crippen LogP contribution in [0.3, 0.4) is 0 Å². The Labute approximate surface area is 193 Å². The van der Waals surface area contributed by atoms with E-state index in [0.29, 0.717) is 11.7 Å². The lowest BCUT2D eigenvalue weighted by Gasteiger charge is -2.47. The molecule has 172 valence electrons. The Bertz CT molecular complexity index is 978. The van der Waals surface area contributed by atoms with Gasteiger partial charge in [-0.15, -0.1) is 0 Å². The predicted octanol–water partition coefficient (Wildman–Crippen LogP) is 7.18. The molecule has 0 unspecified atom stereocenters. The van der Waals surface area contributed by atoms with Gasteiger partial charge in [0.15, 0.2) is 0 Å². The molecule has 0 fully saturated rings. The molecule has 0 radical (unpaired) electrons. The zero-order valence-electron chi connectivity index (χ0n) is 20.3. The van der Waals surface area contributed by atoms with Crippen LogP contribution in [-0.2, 0) is 5.41 Å². The Morgan fingerprint density at radius 2 is 2.00 bits per heavy atom. The molecule has 1 aliphatic heterocycles. The number of phenolic OH excluding ortho intramolecular Hbond substituents is 1. The number of hydrogen-bond acceptors (Lipinski definition) is 4. The molecule has 4 heteroatoms. The molecule has 2 aromatic rings. The standard InChI is InChI=1S/C28H38N2O2/c1-6-7-8-9-13-27(2,3)20-16-24(31)26-21-15-19(23-12-14-29-18-30-23)10-11-22(21)28(4,5)32-25(26)17-20/h10,12,14,16-18,21-22,31H,6-9,11,13,15H2,1-5H3/t21-,22-/m1/s1. The van der Waals surface area contributed by atoms with Gasteiger partial charge in [0.25, 0.3) is 0 Å². The van der Waals surface area contributed by atoms with Gasteiger partial charge in [-0.3, -0.25) is 0 Å². The molecule has 1 N–H and O–H groups in total. The first-order valence-electron chi connectivity index (χ1n) is 12.2. The lowest BCUT2D eigenvalue weighted by Crippen LogP contribution is -2.45. The molecule has 0 saturated heterocycles. The zero-order chi connectivity index (χ0) is 22.9. The molecule has 32 heavy (non-hydrogen) atoms. The lowest BCUT2D eigenvalue weighted by atomic mass is 9.66. The highest BCUT2D eigenvalue weighted by atomic mass is 16.5. The van der Waals surface area contributed by atoms with Crippen molar-refractivity contribution < 1.29 is 9.84 Å². The minimum Gasteiger partial charge on any atom is -0.508 e. The molecule has 0 bridgehead atoms. The van der Waals surface area contributed by atoms with Crippen LogP contribution in [0.4, 0.5) is 0 Å². The van der Waals surface area contributed by atoms with E-state index in [4.69, 9.17) is 4.74 Å². The second-order valence-corrected chi connectivity index (χ2v) is 10.8. The van der Waals surface area contributed by atoms with Gasteiger partial charge in [0.2, 0.25) is 0 Å². The van der Waals surface area contributed by atoms with Crippen molar-refractivity contribution in [2.24, 2.45) is 5.92 Å². The summed E-state index contributed by atoms with van der Waals surface area (Å²) in [5, 5.41) is 11.3. The van der Waals surface area contributed by atoms with E-state index in [0.717, 1.165) is 36.3 Å². The van der Waals surface area contributed by atoms with Crippen molar-refractivity contribution in [2.45, 2.75) is 96.5 Å². The molecule has 0 saturated carbocycles. The number of nitrogens with zero attached hydrogens (tertiary/aromatic N) is 2. The van der Waals surface area contributed by atoms with Crippen molar-refractivity contribution in [3.05, 3.63) is 53.6 Å². The van der Waals surface area contributed by atoms with E-state index in [1.165, 1.54) is 36.8 Å². The Morgan fingerprint density at radius 3 is 2.72 bits per heavy atom. The maximum absolute atomic E-state index is 11.3. The minimum absolute atomic E-state index is 0.00316. The van der Waals surface area contributed by atoms with Crippen molar-refractivity contribution >= 4 is 5.57 Å². The smallest absolute Gasteiger partial charge is 0.127 e. The van der Waals surface area contributed by atoms with E-state index in [2.05, 4.69) is 56.7 Å². The number of hydrogen-bond donors (Lipinski definition) is 1. The number of aromatic nitrogens is 2. The van der Waals surface area contributed by atoms with Crippen LogP contribution in [0.25, 0.3) is 5.57 Å². The molecular formula is C28H38N2O2. The molecule has 2 atom stereocenters. The maximum atomic E-state index is 11.3. The quantitative estimate of drug-likeness (QED) is 0.469. The monoisotopic (exact) mass is 434 g/mol. The number of rotatable bonds is 7. The summed E-state index contributed by atoms with van der Waals surface area (Å²) in [5.41, 5.74) is 4.07. The third kappa shape index (κ3) is 4.42. The minimum atomic E-state index is -0.290. The summed E-state index contributed by atoms with van der Waals surface area (Å²) in [6.07, 6.45) is 13.6. The summed E-state index contributed by atoms with van der Waals surface area (Å²) >= 11 is 0. The fraction of sp³-hybridized carbons (Fsp3) is 0.571. The summed E-state index contributed by atoms with van der Waals surface area (Å²) in [5.74, 6) is 1.77. The topological polar surface area (TPSA) is 55.2 Å². The van der Waals surface area contributed by atoms with Crippen LogP contribution < -0.4 is 4.74 Å². The Balaban J connectivity index is 1.66.